The number of hydrogen-bond acceptors (Lipinski definition) is 3. The van der Waals surface area contributed by atoms with Gasteiger partial charge in [0.1, 0.15) is 0 Å². The second-order valence-electron chi connectivity index (χ2n) is 6.25. The highest BCUT2D eigenvalue weighted by Gasteiger charge is 2.34. The second-order valence-corrected chi connectivity index (χ2v) is 7.11. The Bertz CT molecular complexity index is 831. The lowest BCUT2D eigenvalue weighted by atomic mass is 10.1. The van der Waals surface area contributed by atoms with Crippen molar-refractivity contribution in [2.75, 3.05) is 13.6 Å². The first-order chi connectivity index (χ1) is 12.5. The highest BCUT2D eigenvalue weighted by atomic mass is 79.9. The van der Waals surface area contributed by atoms with Crippen LogP contribution in [-0.4, -0.2) is 41.1 Å². The van der Waals surface area contributed by atoms with Crippen molar-refractivity contribution in [2.45, 2.75) is 19.4 Å². The molecule has 1 aliphatic rings. The summed E-state index contributed by atoms with van der Waals surface area (Å²) in [6.45, 7) is 0.758. The zero-order chi connectivity index (χ0) is 18.7. The van der Waals surface area contributed by atoms with Gasteiger partial charge in [-0.25, -0.2) is 0 Å². The standard InChI is InChI=1S/C20H19BrN2O3/c1-22(13-14-7-2-5-10-17(14)21)18(24)11-6-12-23-19(25)15-8-3-4-9-16(15)20(23)26/h2-5,7-10H,6,11-13H2,1H3. The van der Waals surface area contributed by atoms with Gasteiger partial charge in [0, 0.05) is 31.0 Å². The molecular formula is C20H19BrN2O3. The van der Waals surface area contributed by atoms with Crippen LogP contribution in [0.4, 0.5) is 0 Å². The van der Waals surface area contributed by atoms with Gasteiger partial charge in [-0.15, -0.1) is 0 Å². The summed E-state index contributed by atoms with van der Waals surface area (Å²) in [5.74, 6) is -0.573. The van der Waals surface area contributed by atoms with Crippen molar-refractivity contribution in [1.29, 1.82) is 0 Å². The van der Waals surface area contributed by atoms with Gasteiger partial charge in [-0.3, -0.25) is 19.3 Å². The van der Waals surface area contributed by atoms with Crippen LogP contribution in [0, 0.1) is 0 Å². The van der Waals surface area contributed by atoms with Gasteiger partial charge in [0.15, 0.2) is 0 Å². The normalized spacial score (nSPS) is 13.1. The van der Waals surface area contributed by atoms with Crippen LogP contribution in [0.1, 0.15) is 39.1 Å². The SMILES string of the molecule is CN(Cc1ccccc1Br)C(=O)CCCN1C(=O)c2ccccc2C1=O. The summed E-state index contributed by atoms with van der Waals surface area (Å²) in [5.41, 5.74) is 1.91. The molecule has 3 amide bonds. The maximum atomic E-state index is 12.3. The molecule has 6 heteroatoms. The van der Waals surface area contributed by atoms with E-state index in [4.69, 9.17) is 0 Å². The molecule has 26 heavy (non-hydrogen) atoms. The summed E-state index contributed by atoms with van der Waals surface area (Å²) >= 11 is 3.48. The molecule has 0 atom stereocenters. The third-order valence-electron chi connectivity index (χ3n) is 4.44. The molecule has 0 fully saturated rings. The maximum absolute atomic E-state index is 12.3. The summed E-state index contributed by atoms with van der Waals surface area (Å²) in [4.78, 5) is 39.8. The summed E-state index contributed by atoms with van der Waals surface area (Å²) in [5, 5.41) is 0. The largest absolute Gasteiger partial charge is 0.341 e. The Morgan fingerprint density at radius 3 is 2.19 bits per heavy atom. The van der Waals surface area contributed by atoms with Crippen molar-refractivity contribution in [2.24, 2.45) is 0 Å². The molecule has 0 saturated carbocycles. The molecule has 134 valence electrons. The van der Waals surface area contributed by atoms with E-state index in [1.54, 1.807) is 36.2 Å². The van der Waals surface area contributed by atoms with Crippen LogP contribution < -0.4 is 0 Å². The van der Waals surface area contributed by atoms with E-state index < -0.39 is 0 Å². The molecule has 1 heterocycles. The minimum absolute atomic E-state index is 0.0163. The van der Waals surface area contributed by atoms with Gasteiger partial charge in [0.2, 0.25) is 5.91 Å². The molecule has 0 bridgehead atoms. The number of carbonyl (C=O) groups excluding carboxylic acids is 3. The van der Waals surface area contributed by atoms with Crippen molar-refractivity contribution < 1.29 is 14.4 Å². The average Bonchev–Trinajstić information content (AvgIpc) is 2.88. The quantitative estimate of drug-likeness (QED) is 0.679. The Balaban J connectivity index is 1.52. The number of carbonyl (C=O) groups is 3. The molecule has 0 aromatic heterocycles. The van der Waals surface area contributed by atoms with Gasteiger partial charge in [-0.2, -0.15) is 0 Å². The lowest BCUT2D eigenvalue weighted by Gasteiger charge is -2.19. The molecule has 0 unspecified atom stereocenters. The number of fused-ring (bicyclic) bond motifs is 1. The molecule has 3 rings (SSSR count). The fourth-order valence-corrected chi connectivity index (χ4v) is 3.40. The first-order valence-electron chi connectivity index (χ1n) is 8.41. The molecule has 0 aliphatic carbocycles. The Morgan fingerprint density at radius 1 is 1.00 bits per heavy atom. The third-order valence-corrected chi connectivity index (χ3v) is 5.22. The summed E-state index contributed by atoms with van der Waals surface area (Å²) in [7, 11) is 1.75. The Labute approximate surface area is 160 Å². The van der Waals surface area contributed by atoms with Crippen LogP contribution >= 0.6 is 15.9 Å². The van der Waals surface area contributed by atoms with E-state index in [1.165, 1.54) is 4.90 Å². The minimum Gasteiger partial charge on any atom is -0.341 e. The zero-order valence-electron chi connectivity index (χ0n) is 14.4. The molecule has 0 radical (unpaired) electrons. The van der Waals surface area contributed by atoms with Crippen LogP contribution in [-0.2, 0) is 11.3 Å². The smallest absolute Gasteiger partial charge is 0.261 e. The second kappa shape index (κ2) is 7.83. The van der Waals surface area contributed by atoms with Crippen molar-refractivity contribution >= 4 is 33.7 Å². The van der Waals surface area contributed by atoms with Crippen LogP contribution in [0.15, 0.2) is 53.0 Å². The van der Waals surface area contributed by atoms with Crippen LogP contribution in [0.2, 0.25) is 0 Å². The van der Waals surface area contributed by atoms with Crippen LogP contribution in [0.3, 0.4) is 0 Å². The van der Waals surface area contributed by atoms with Gasteiger partial charge in [0.05, 0.1) is 11.1 Å². The fraction of sp³-hybridized carbons (Fsp3) is 0.250. The predicted molar refractivity (Wildman–Crippen MR) is 102 cm³/mol. The van der Waals surface area contributed by atoms with Crippen molar-refractivity contribution in [1.82, 2.24) is 9.80 Å². The molecule has 1 aliphatic heterocycles. The number of amides is 3. The number of rotatable bonds is 6. The van der Waals surface area contributed by atoms with Gasteiger partial charge in [0.25, 0.3) is 11.8 Å². The van der Waals surface area contributed by atoms with E-state index in [1.807, 2.05) is 24.3 Å². The lowest BCUT2D eigenvalue weighted by Crippen LogP contribution is -2.32. The van der Waals surface area contributed by atoms with Gasteiger partial charge >= 0.3 is 0 Å². The maximum Gasteiger partial charge on any atom is 0.261 e. The van der Waals surface area contributed by atoms with Gasteiger partial charge in [-0.1, -0.05) is 46.3 Å². The van der Waals surface area contributed by atoms with Crippen molar-refractivity contribution in [3.05, 3.63) is 69.7 Å². The number of imide groups is 1. The van der Waals surface area contributed by atoms with Gasteiger partial charge in [-0.05, 0) is 30.2 Å². The van der Waals surface area contributed by atoms with E-state index in [2.05, 4.69) is 15.9 Å². The van der Waals surface area contributed by atoms with Gasteiger partial charge < -0.3 is 4.90 Å². The molecule has 2 aromatic rings. The molecule has 0 saturated heterocycles. The van der Waals surface area contributed by atoms with E-state index in [0.717, 1.165) is 10.0 Å². The Kier molecular flexibility index (Phi) is 5.52. The highest BCUT2D eigenvalue weighted by molar-refractivity contribution is 9.10. The Morgan fingerprint density at radius 2 is 1.58 bits per heavy atom. The number of nitrogens with zero attached hydrogens (tertiary/aromatic N) is 2. The summed E-state index contributed by atoms with van der Waals surface area (Å²) in [6.07, 6.45) is 0.735. The number of hydrogen-bond donors (Lipinski definition) is 0. The average molecular weight is 415 g/mol. The van der Waals surface area contributed by atoms with E-state index in [-0.39, 0.29) is 30.7 Å². The lowest BCUT2D eigenvalue weighted by molar-refractivity contribution is -0.130. The molecule has 0 N–H and O–H groups in total. The van der Waals surface area contributed by atoms with Crippen LogP contribution in [0.25, 0.3) is 0 Å². The minimum atomic E-state index is -0.278. The number of benzene rings is 2. The van der Waals surface area contributed by atoms with E-state index in [0.29, 0.717) is 24.1 Å². The zero-order valence-corrected chi connectivity index (χ0v) is 16.0. The Hall–Kier alpha value is -2.47. The first kappa shape index (κ1) is 18.3. The molecule has 0 spiro atoms. The topological polar surface area (TPSA) is 57.7 Å². The number of halogens is 1. The summed E-state index contributed by atoms with van der Waals surface area (Å²) < 4.78 is 0.964. The summed E-state index contributed by atoms with van der Waals surface area (Å²) in [6, 6.07) is 14.6. The van der Waals surface area contributed by atoms with E-state index in [9.17, 15) is 14.4 Å². The van der Waals surface area contributed by atoms with Crippen molar-refractivity contribution in [3.63, 3.8) is 0 Å². The highest BCUT2D eigenvalue weighted by Crippen LogP contribution is 2.23. The monoisotopic (exact) mass is 414 g/mol. The fourth-order valence-electron chi connectivity index (χ4n) is 2.99. The molecule has 2 aromatic carbocycles. The van der Waals surface area contributed by atoms with Crippen LogP contribution in [0.5, 0.6) is 0 Å². The predicted octanol–water partition coefficient (Wildman–Crippen LogP) is 3.48. The third kappa shape index (κ3) is 3.70. The molecular weight excluding hydrogens is 396 g/mol. The van der Waals surface area contributed by atoms with Crippen molar-refractivity contribution in [3.8, 4) is 0 Å². The van der Waals surface area contributed by atoms with E-state index >= 15 is 0 Å². The molecule has 5 nitrogen and oxygen atoms in total. The first-order valence-corrected chi connectivity index (χ1v) is 9.21.